The molecule has 0 fully saturated rings. The first kappa shape index (κ1) is 11.9. The van der Waals surface area contributed by atoms with Crippen molar-refractivity contribution in [3.8, 4) is 0 Å². The number of nitrogens with one attached hydrogen (secondary N) is 1. The maximum absolute atomic E-state index is 10.8. The Morgan fingerprint density at radius 3 is 2.89 bits per heavy atom. The lowest BCUT2D eigenvalue weighted by Gasteiger charge is -2.08. The number of benzene rings is 1. The van der Waals surface area contributed by atoms with E-state index in [0.717, 1.165) is 11.5 Å². The summed E-state index contributed by atoms with van der Waals surface area (Å²) in [5.74, 6) is -0.261. The van der Waals surface area contributed by atoms with Gasteiger partial charge in [0.25, 0.3) is 0 Å². The summed E-state index contributed by atoms with van der Waals surface area (Å²) in [4.78, 5) is 10.8. The van der Waals surface area contributed by atoms with Crippen LogP contribution in [0.5, 0.6) is 0 Å². The van der Waals surface area contributed by atoms with E-state index in [0.29, 0.717) is 6.54 Å². The van der Waals surface area contributed by atoms with Gasteiger partial charge in [-0.05, 0) is 18.2 Å². The van der Waals surface area contributed by atoms with Gasteiger partial charge in [-0.2, -0.15) is 0 Å². The van der Waals surface area contributed by atoms with Crippen molar-refractivity contribution in [2.75, 3.05) is 11.1 Å². The molecule has 0 spiro atoms. The van der Waals surface area contributed by atoms with Gasteiger partial charge >= 0.3 is 5.97 Å². The molecular formula is C11H13N5O2. The van der Waals surface area contributed by atoms with E-state index in [2.05, 4.69) is 15.5 Å². The van der Waals surface area contributed by atoms with Crippen molar-refractivity contribution in [1.82, 2.24) is 14.8 Å². The number of anilines is 2. The summed E-state index contributed by atoms with van der Waals surface area (Å²) in [5.41, 5.74) is 6.71. The van der Waals surface area contributed by atoms with E-state index < -0.39 is 5.97 Å². The van der Waals surface area contributed by atoms with Crippen molar-refractivity contribution < 1.29 is 9.90 Å². The van der Waals surface area contributed by atoms with Gasteiger partial charge in [0.15, 0.2) is 5.82 Å². The number of carbonyl (C=O) groups is 1. The first-order chi connectivity index (χ1) is 8.58. The average Bonchev–Trinajstić information content (AvgIpc) is 2.72. The van der Waals surface area contributed by atoms with Gasteiger partial charge in [-0.3, -0.25) is 0 Å². The molecule has 0 saturated carbocycles. The number of aryl methyl sites for hydroxylation is 1. The second-order valence-electron chi connectivity index (χ2n) is 3.82. The van der Waals surface area contributed by atoms with E-state index in [9.17, 15) is 4.79 Å². The van der Waals surface area contributed by atoms with Gasteiger partial charge in [0.2, 0.25) is 0 Å². The third-order valence-electron chi connectivity index (χ3n) is 2.54. The van der Waals surface area contributed by atoms with Crippen LogP contribution in [-0.4, -0.2) is 25.8 Å². The molecule has 1 heterocycles. The molecule has 18 heavy (non-hydrogen) atoms. The van der Waals surface area contributed by atoms with E-state index >= 15 is 0 Å². The minimum atomic E-state index is -1.03. The minimum absolute atomic E-state index is 0.0965. The molecule has 7 heteroatoms. The number of aromatic carboxylic acids is 1. The number of nitrogen functional groups attached to an aromatic ring is 1. The number of carboxylic acid groups (broad SMARTS) is 1. The molecule has 0 aliphatic carbocycles. The summed E-state index contributed by atoms with van der Waals surface area (Å²) in [7, 11) is 1.85. The summed E-state index contributed by atoms with van der Waals surface area (Å²) in [5, 5.41) is 19.6. The zero-order chi connectivity index (χ0) is 13.1. The van der Waals surface area contributed by atoms with Crippen molar-refractivity contribution in [3.63, 3.8) is 0 Å². The molecule has 4 N–H and O–H groups in total. The van der Waals surface area contributed by atoms with Crippen molar-refractivity contribution >= 4 is 17.3 Å². The van der Waals surface area contributed by atoms with Crippen LogP contribution in [0.2, 0.25) is 0 Å². The number of rotatable bonds is 4. The monoisotopic (exact) mass is 247 g/mol. The zero-order valence-electron chi connectivity index (χ0n) is 9.79. The summed E-state index contributed by atoms with van der Waals surface area (Å²) in [6, 6.07) is 4.71. The first-order valence-electron chi connectivity index (χ1n) is 5.27. The Labute approximate surface area is 103 Å². The van der Waals surface area contributed by atoms with E-state index in [1.165, 1.54) is 6.07 Å². The van der Waals surface area contributed by atoms with Crippen LogP contribution >= 0.6 is 0 Å². The number of hydrogen-bond donors (Lipinski definition) is 3. The number of aromatic nitrogens is 3. The number of carboxylic acids is 1. The molecule has 0 aliphatic heterocycles. The molecule has 1 aromatic heterocycles. The van der Waals surface area contributed by atoms with Gasteiger partial charge < -0.3 is 20.7 Å². The van der Waals surface area contributed by atoms with Gasteiger partial charge in [0, 0.05) is 18.4 Å². The average molecular weight is 247 g/mol. The fourth-order valence-corrected chi connectivity index (χ4v) is 1.52. The number of nitrogens with two attached hydrogens (primary N) is 1. The van der Waals surface area contributed by atoms with Crippen LogP contribution in [0.3, 0.4) is 0 Å². The van der Waals surface area contributed by atoms with E-state index in [-0.39, 0.29) is 11.3 Å². The van der Waals surface area contributed by atoms with Gasteiger partial charge in [-0.15, -0.1) is 10.2 Å². The molecule has 2 aromatic rings. The smallest absolute Gasteiger partial charge is 0.337 e. The summed E-state index contributed by atoms with van der Waals surface area (Å²) in [6.45, 7) is 0.488. The molecular weight excluding hydrogens is 234 g/mol. The summed E-state index contributed by atoms with van der Waals surface area (Å²) >= 11 is 0. The highest BCUT2D eigenvalue weighted by molar-refractivity contribution is 5.94. The fraction of sp³-hybridized carbons (Fsp3) is 0.182. The Balaban J connectivity index is 2.09. The molecule has 0 atom stereocenters. The van der Waals surface area contributed by atoms with Crippen LogP contribution in [0, 0.1) is 0 Å². The van der Waals surface area contributed by atoms with Crippen molar-refractivity contribution in [2.24, 2.45) is 7.05 Å². The Hall–Kier alpha value is -2.57. The molecule has 0 amide bonds. The number of hydrogen-bond acceptors (Lipinski definition) is 5. The van der Waals surface area contributed by atoms with E-state index in [1.807, 2.05) is 7.05 Å². The molecule has 0 radical (unpaired) electrons. The fourth-order valence-electron chi connectivity index (χ4n) is 1.52. The quantitative estimate of drug-likeness (QED) is 0.687. The highest BCUT2D eigenvalue weighted by atomic mass is 16.4. The first-order valence-corrected chi connectivity index (χ1v) is 5.27. The molecule has 0 bridgehead atoms. The van der Waals surface area contributed by atoms with Gasteiger partial charge in [-0.1, -0.05) is 0 Å². The highest BCUT2D eigenvalue weighted by Gasteiger charge is 2.08. The normalized spacial score (nSPS) is 10.3. The Bertz CT molecular complexity index is 579. The lowest BCUT2D eigenvalue weighted by atomic mass is 10.1. The van der Waals surface area contributed by atoms with Crippen LogP contribution in [0.15, 0.2) is 24.5 Å². The molecule has 0 aliphatic rings. The van der Waals surface area contributed by atoms with Crippen LogP contribution < -0.4 is 11.1 Å². The second-order valence-corrected chi connectivity index (χ2v) is 3.82. The van der Waals surface area contributed by atoms with Gasteiger partial charge in [0.1, 0.15) is 6.33 Å². The van der Waals surface area contributed by atoms with Crippen LogP contribution in [-0.2, 0) is 13.6 Å². The van der Waals surface area contributed by atoms with Crippen LogP contribution in [0.25, 0.3) is 0 Å². The zero-order valence-corrected chi connectivity index (χ0v) is 9.79. The lowest BCUT2D eigenvalue weighted by Crippen LogP contribution is -2.07. The third kappa shape index (κ3) is 2.40. The Kier molecular flexibility index (Phi) is 3.13. The van der Waals surface area contributed by atoms with Crippen molar-refractivity contribution in [1.29, 1.82) is 0 Å². The topological polar surface area (TPSA) is 106 Å². The molecule has 94 valence electrons. The molecule has 0 saturated heterocycles. The highest BCUT2D eigenvalue weighted by Crippen LogP contribution is 2.18. The Morgan fingerprint density at radius 2 is 2.33 bits per heavy atom. The van der Waals surface area contributed by atoms with Crippen molar-refractivity contribution in [2.45, 2.75) is 6.54 Å². The maximum atomic E-state index is 10.8. The van der Waals surface area contributed by atoms with Crippen LogP contribution in [0.1, 0.15) is 16.2 Å². The van der Waals surface area contributed by atoms with E-state index in [4.69, 9.17) is 10.8 Å². The molecule has 1 aromatic carbocycles. The third-order valence-corrected chi connectivity index (χ3v) is 2.54. The Morgan fingerprint density at radius 1 is 1.56 bits per heavy atom. The van der Waals surface area contributed by atoms with Gasteiger partial charge in [-0.25, -0.2) is 4.79 Å². The molecule has 2 rings (SSSR count). The predicted molar refractivity (Wildman–Crippen MR) is 66.1 cm³/mol. The van der Waals surface area contributed by atoms with Crippen LogP contribution in [0.4, 0.5) is 11.4 Å². The standard InChI is InChI=1S/C11H13N5O2/c1-16-6-14-15-10(16)5-13-7-2-3-8(11(17)18)9(12)4-7/h2-4,6,13H,5,12H2,1H3,(H,17,18). The minimum Gasteiger partial charge on any atom is -0.478 e. The second kappa shape index (κ2) is 4.74. The maximum Gasteiger partial charge on any atom is 0.337 e. The lowest BCUT2D eigenvalue weighted by molar-refractivity contribution is 0.0698. The largest absolute Gasteiger partial charge is 0.478 e. The summed E-state index contributed by atoms with van der Waals surface area (Å²) < 4.78 is 1.79. The van der Waals surface area contributed by atoms with E-state index in [1.54, 1.807) is 23.0 Å². The molecule has 0 unspecified atom stereocenters. The van der Waals surface area contributed by atoms with Gasteiger partial charge in [0.05, 0.1) is 12.1 Å². The predicted octanol–water partition coefficient (Wildman–Crippen LogP) is 0.708. The summed E-state index contributed by atoms with van der Waals surface area (Å²) in [6.07, 6.45) is 1.61. The van der Waals surface area contributed by atoms with Crippen molar-refractivity contribution in [3.05, 3.63) is 35.9 Å². The SMILES string of the molecule is Cn1cnnc1CNc1ccc(C(=O)O)c(N)c1. The molecule has 7 nitrogen and oxygen atoms in total. The number of nitrogens with zero attached hydrogens (tertiary/aromatic N) is 3.